The van der Waals surface area contributed by atoms with Crippen LogP contribution in [0.2, 0.25) is 0 Å². The minimum atomic E-state index is -0.990. The zero-order valence-corrected chi connectivity index (χ0v) is 4.60. The van der Waals surface area contributed by atoms with Crippen LogP contribution < -0.4 is 0 Å². The summed E-state index contributed by atoms with van der Waals surface area (Å²) in [5, 5.41) is 9.79. The number of nitrogens with zero attached hydrogens (tertiary/aromatic N) is 1. The van der Waals surface area contributed by atoms with Crippen LogP contribution in [-0.4, -0.2) is 16.1 Å². The summed E-state index contributed by atoms with van der Waals surface area (Å²) in [5.74, 6) is -0.990. The molecule has 0 aromatic carbocycles. The molecule has 0 amide bonds. The van der Waals surface area contributed by atoms with E-state index in [-0.39, 0.29) is 5.01 Å². The van der Waals surface area contributed by atoms with E-state index in [0.29, 0.717) is 0 Å². The van der Waals surface area contributed by atoms with Crippen LogP contribution in [0.1, 0.15) is 9.80 Å². The molecule has 0 fully saturated rings. The lowest BCUT2D eigenvalue weighted by molar-refractivity contribution is 0.0696. The average molecular weight is 128 g/mol. The molecule has 0 saturated heterocycles. The van der Waals surface area contributed by atoms with Crippen LogP contribution in [0.5, 0.6) is 0 Å². The Labute approximate surface area is 49.6 Å². The molecule has 0 unspecified atom stereocenters. The Morgan fingerprint density at radius 2 is 2.75 bits per heavy atom. The molecule has 3 nitrogen and oxygen atoms in total. The van der Waals surface area contributed by atoms with Gasteiger partial charge < -0.3 is 5.11 Å². The second-order valence-corrected chi connectivity index (χ2v) is 1.95. The Morgan fingerprint density at radius 3 is 3.00 bits per heavy atom. The fraction of sp³-hybridized carbons (Fsp3) is 0. The molecule has 0 atom stereocenters. The van der Waals surface area contributed by atoms with Crippen LogP contribution in [0.25, 0.3) is 0 Å². The number of hydrogen-bond donors (Lipinski definition) is 1. The normalized spacial score (nSPS) is 9.00. The number of aromatic nitrogens is 1. The molecule has 0 aliphatic carbocycles. The van der Waals surface area contributed by atoms with Gasteiger partial charge in [-0.3, -0.25) is 0 Å². The molecule has 1 N–H and O–H groups in total. The zero-order valence-electron chi connectivity index (χ0n) is 3.79. The van der Waals surface area contributed by atoms with Crippen LogP contribution in [0.4, 0.5) is 0 Å². The summed E-state index contributed by atoms with van der Waals surface area (Å²) >= 11 is 1.06. The average Bonchev–Trinajstić information content (AvgIpc) is 2.12. The van der Waals surface area contributed by atoms with Gasteiger partial charge in [0.15, 0.2) is 0 Å². The van der Waals surface area contributed by atoms with Crippen molar-refractivity contribution in [2.75, 3.05) is 0 Å². The molecule has 0 aliphatic rings. The number of carboxylic acids is 1. The lowest BCUT2D eigenvalue weighted by Crippen LogP contribution is -1.92. The van der Waals surface area contributed by atoms with E-state index >= 15 is 0 Å². The van der Waals surface area contributed by atoms with E-state index in [1.54, 1.807) is 0 Å². The predicted molar refractivity (Wildman–Crippen MR) is 27.9 cm³/mol. The summed E-state index contributed by atoms with van der Waals surface area (Å²) in [4.78, 5) is 13.4. The van der Waals surface area contributed by atoms with E-state index in [4.69, 9.17) is 5.11 Å². The fourth-order valence-corrected chi connectivity index (χ4v) is 0.715. The van der Waals surface area contributed by atoms with Crippen molar-refractivity contribution in [3.8, 4) is 0 Å². The molecule has 1 radical (unpaired) electrons. The third kappa shape index (κ3) is 0.840. The monoisotopic (exact) mass is 128 g/mol. The van der Waals surface area contributed by atoms with Gasteiger partial charge in [0.25, 0.3) is 0 Å². The second kappa shape index (κ2) is 1.92. The second-order valence-electron chi connectivity index (χ2n) is 1.09. The van der Waals surface area contributed by atoms with Crippen molar-refractivity contribution in [2.45, 2.75) is 0 Å². The van der Waals surface area contributed by atoms with Gasteiger partial charge in [-0.25, -0.2) is 9.78 Å². The van der Waals surface area contributed by atoms with Crippen molar-refractivity contribution < 1.29 is 9.90 Å². The topological polar surface area (TPSA) is 50.2 Å². The molecule has 0 aliphatic heterocycles. The van der Waals surface area contributed by atoms with Crippen LogP contribution in [0, 0.1) is 6.20 Å². The van der Waals surface area contributed by atoms with Crippen LogP contribution in [0.3, 0.4) is 0 Å². The van der Waals surface area contributed by atoms with E-state index in [0.717, 1.165) is 11.3 Å². The lowest BCUT2D eigenvalue weighted by Gasteiger charge is -1.77. The Hall–Kier alpha value is -0.900. The van der Waals surface area contributed by atoms with Gasteiger partial charge in [0.2, 0.25) is 5.01 Å². The van der Waals surface area contributed by atoms with Crippen LogP contribution in [0.15, 0.2) is 5.38 Å². The molecule has 8 heavy (non-hydrogen) atoms. The smallest absolute Gasteiger partial charge is 0.365 e. The summed E-state index contributed by atoms with van der Waals surface area (Å²) in [5.41, 5.74) is 0. The Morgan fingerprint density at radius 1 is 2.00 bits per heavy atom. The summed E-state index contributed by atoms with van der Waals surface area (Å²) in [6.07, 6.45) is 2.40. The van der Waals surface area contributed by atoms with Gasteiger partial charge in [-0.1, -0.05) is 0 Å². The number of hydrogen-bond acceptors (Lipinski definition) is 3. The van der Waals surface area contributed by atoms with Crippen molar-refractivity contribution in [1.82, 2.24) is 4.98 Å². The van der Waals surface area contributed by atoms with Crippen LogP contribution in [-0.2, 0) is 0 Å². The highest BCUT2D eigenvalue weighted by Crippen LogP contribution is 2.01. The highest BCUT2D eigenvalue weighted by molar-refractivity contribution is 7.11. The van der Waals surface area contributed by atoms with Crippen molar-refractivity contribution in [2.24, 2.45) is 0 Å². The highest BCUT2D eigenvalue weighted by Gasteiger charge is 2.02. The molecule has 0 bridgehead atoms. The van der Waals surface area contributed by atoms with E-state index < -0.39 is 5.97 Å². The van der Waals surface area contributed by atoms with E-state index in [2.05, 4.69) is 11.2 Å². The largest absolute Gasteiger partial charge is 0.476 e. The molecule has 1 aromatic heterocycles. The molecule has 41 valence electrons. The van der Waals surface area contributed by atoms with E-state index in [1.165, 1.54) is 5.38 Å². The molecule has 0 spiro atoms. The lowest BCUT2D eigenvalue weighted by atomic mass is 10.7. The van der Waals surface area contributed by atoms with Crippen molar-refractivity contribution in [3.63, 3.8) is 0 Å². The number of carboxylic acid groups (broad SMARTS) is 1. The number of carbonyl (C=O) groups is 1. The van der Waals surface area contributed by atoms with Gasteiger partial charge in [-0.05, 0) is 0 Å². The quantitative estimate of drug-likeness (QED) is 0.603. The van der Waals surface area contributed by atoms with Gasteiger partial charge in [-0.15, -0.1) is 11.3 Å². The maximum atomic E-state index is 9.99. The minimum Gasteiger partial charge on any atom is -0.476 e. The van der Waals surface area contributed by atoms with E-state index in [1.807, 2.05) is 0 Å². The molecule has 0 saturated carbocycles. The van der Waals surface area contributed by atoms with Gasteiger partial charge >= 0.3 is 5.97 Å². The van der Waals surface area contributed by atoms with Crippen molar-refractivity contribution in [3.05, 3.63) is 16.6 Å². The third-order valence-corrected chi connectivity index (χ3v) is 1.28. The summed E-state index contributed by atoms with van der Waals surface area (Å²) in [6.45, 7) is 0. The number of aromatic carboxylic acids is 1. The highest BCUT2D eigenvalue weighted by atomic mass is 32.1. The van der Waals surface area contributed by atoms with Gasteiger partial charge in [-0.2, -0.15) is 0 Å². The maximum Gasteiger partial charge on any atom is 0.365 e. The van der Waals surface area contributed by atoms with E-state index in [9.17, 15) is 4.79 Å². The first kappa shape index (κ1) is 5.24. The molecule has 1 heterocycles. The summed E-state index contributed by atoms with van der Waals surface area (Å²) in [7, 11) is 0. The molecule has 1 rings (SSSR count). The molecule has 1 aromatic rings. The predicted octanol–water partition coefficient (Wildman–Crippen LogP) is 0.641. The van der Waals surface area contributed by atoms with Gasteiger partial charge in [0, 0.05) is 5.38 Å². The standard InChI is InChI=1S/C4H2NO2S/c6-4(7)3-5-1-2-8-3/h2H,(H,6,7). The first-order valence-corrected chi connectivity index (χ1v) is 2.73. The Bertz CT molecular complexity index is 182. The van der Waals surface area contributed by atoms with Gasteiger partial charge in [0.1, 0.15) is 6.20 Å². The van der Waals surface area contributed by atoms with Crippen molar-refractivity contribution >= 4 is 17.3 Å². The first-order chi connectivity index (χ1) is 3.80. The molecular weight excluding hydrogens is 126 g/mol. The third-order valence-electron chi connectivity index (χ3n) is 0.572. The summed E-state index contributed by atoms with van der Waals surface area (Å²) < 4.78 is 0. The Kier molecular flexibility index (Phi) is 1.26. The number of rotatable bonds is 1. The SMILES string of the molecule is O=C(O)c1n[c]cs1. The summed E-state index contributed by atoms with van der Waals surface area (Å²) in [6, 6.07) is 0. The maximum absolute atomic E-state index is 9.99. The Balaban J connectivity index is 2.93. The van der Waals surface area contributed by atoms with Gasteiger partial charge in [0.05, 0.1) is 0 Å². The van der Waals surface area contributed by atoms with Crippen LogP contribution >= 0.6 is 11.3 Å². The minimum absolute atomic E-state index is 0.0880. The first-order valence-electron chi connectivity index (χ1n) is 1.85. The molecule has 4 heteroatoms. The van der Waals surface area contributed by atoms with Crippen molar-refractivity contribution in [1.29, 1.82) is 0 Å². The zero-order chi connectivity index (χ0) is 5.98. The molecular formula is C4H2NO2S. The fourth-order valence-electron chi connectivity index (χ4n) is 0.292. The number of thiazole rings is 1.